The summed E-state index contributed by atoms with van der Waals surface area (Å²) in [6, 6.07) is 3.04. The number of methoxy groups -OCH3 is 1. The summed E-state index contributed by atoms with van der Waals surface area (Å²) in [7, 11) is -0.232. The van der Waals surface area contributed by atoms with Crippen molar-refractivity contribution in [3.63, 3.8) is 0 Å². The fraction of sp³-hybridized carbons (Fsp3) is 0.615. The number of aliphatic imine (C=N–C) groups is 1. The molecule has 0 saturated heterocycles. The summed E-state index contributed by atoms with van der Waals surface area (Å²) in [5, 5.41) is 6.14. The second-order valence-corrected chi connectivity index (χ2v) is 8.98. The number of sulfonamides is 1. The van der Waals surface area contributed by atoms with E-state index in [1.54, 1.807) is 20.2 Å². The lowest BCUT2D eigenvalue weighted by Gasteiger charge is -2.24. The van der Waals surface area contributed by atoms with Crippen LogP contribution in [0.2, 0.25) is 4.34 Å². The van der Waals surface area contributed by atoms with Crippen molar-refractivity contribution in [2.75, 3.05) is 33.8 Å². The van der Waals surface area contributed by atoms with E-state index in [0.717, 1.165) is 11.3 Å². The first-order valence-electron chi connectivity index (χ1n) is 6.95. The van der Waals surface area contributed by atoms with E-state index < -0.39 is 10.0 Å². The van der Waals surface area contributed by atoms with Gasteiger partial charge in [0.15, 0.2) is 5.96 Å². The van der Waals surface area contributed by atoms with Crippen molar-refractivity contribution in [3.05, 3.63) is 16.5 Å². The summed E-state index contributed by atoms with van der Waals surface area (Å²) in [6.45, 7) is 5.10. The molecule has 10 heteroatoms. The number of rotatable bonds is 8. The third-order valence-corrected chi connectivity index (χ3v) is 6.16. The zero-order chi connectivity index (χ0) is 17.5. The Kier molecular flexibility index (Phi) is 7.75. The van der Waals surface area contributed by atoms with E-state index in [-0.39, 0.29) is 16.4 Å². The van der Waals surface area contributed by atoms with Crippen LogP contribution in [0.5, 0.6) is 0 Å². The second kappa shape index (κ2) is 8.84. The van der Waals surface area contributed by atoms with Gasteiger partial charge < -0.3 is 15.4 Å². The zero-order valence-electron chi connectivity index (χ0n) is 13.6. The molecule has 0 atom stereocenters. The number of hydrogen-bond acceptors (Lipinski definition) is 5. The Morgan fingerprint density at radius 2 is 2.04 bits per heavy atom. The van der Waals surface area contributed by atoms with Crippen LogP contribution in [0.3, 0.4) is 0 Å². The molecule has 0 saturated carbocycles. The lowest BCUT2D eigenvalue weighted by molar-refractivity contribution is 0.0268. The van der Waals surface area contributed by atoms with E-state index in [0.29, 0.717) is 23.4 Å². The monoisotopic (exact) mass is 382 g/mol. The van der Waals surface area contributed by atoms with E-state index in [1.807, 2.05) is 13.8 Å². The van der Waals surface area contributed by atoms with Crippen LogP contribution in [-0.4, -0.2) is 53.8 Å². The van der Waals surface area contributed by atoms with Gasteiger partial charge in [-0.05, 0) is 26.0 Å². The minimum absolute atomic E-state index is 0.201. The molecule has 1 aromatic heterocycles. The zero-order valence-corrected chi connectivity index (χ0v) is 16.0. The highest BCUT2D eigenvalue weighted by Crippen LogP contribution is 2.25. The van der Waals surface area contributed by atoms with Gasteiger partial charge in [0.1, 0.15) is 4.21 Å². The molecule has 1 aromatic rings. The van der Waals surface area contributed by atoms with Gasteiger partial charge in [-0.2, -0.15) is 0 Å². The van der Waals surface area contributed by atoms with Crippen LogP contribution in [0, 0.1) is 0 Å². The molecular formula is C13H23ClN4O3S2. The molecule has 23 heavy (non-hydrogen) atoms. The minimum atomic E-state index is -3.52. The summed E-state index contributed by atoms with van der Waals surface area (Å²) in [6.07, 6.45) is 0. The molecule has 0 aliphatic rings. The molecule has 7 nitrogen and oxygen atoms in total. The summed E-state index contributed by atoms with van der Waals surface area (Å²) in [4.78, 5) is 4.07. The first kappa shape index (κ1) is 20.2. The second-order valence-electron chi connectivity index (χ2n) is 5.27. The molecule has 0 aliphatic carbocycles. The van der Waals surface area contributed by atoms with Gasteiger partial charge in [0.05, 0.1) is 9.94 Å². The molecule has 132 valence electrons. The standard InChI is InChI=1S/C13H23ClN4O3S2/c1-13(2,21-4)9-17-12(15-3)16-7-8-18-23(19,20)11-6-5-10(14)22-11/h5-6,18H,7-9H2,1-4H3,(H2,15,16,17). The molecule has 0 aliphatic heterocycles. The molecule has 0 unspecified atom stereocenters. The molecule has 1 rings (SSSR count). The van der Waals surface area contributed by atoms with Crippen molar-refractivity contribution in [2.24, 2.45) is 4.99 Å². The number of hydrogen-bond donors (Lipinski definition) is 3. The summed E-state index contributed by atoms with van der Waals surface area (Å²) >= 11 is 6.77. The fourth-order valence-electron chi connectivity index (χ4n) is 1.47. The van der Waals surface area contributed by atoms with Crippen LogP contribution >= 0.6 is 22.9 Å². The average molecular weight is 383 g/mol. The van der Waals surface area contributed by atoms with Gasteiger partial charge in [0, 0.05) is 33.8 Å². The van der Waals surface area contributed by atoms with Gasteiger partial charge in [-0.1, -0.05) is 11.6 Å². The van der Waals surface area contributed by atoms with Crippen LogP contribution < -0.4 is 15.4 Å². The van der Waals surface area contributed by atoms with E-state index in [1.165, 1.54) is 6.07 Å². The van der Waals surface area contributed by atoms with Gasteiger partial charge in [-0.15, -0.1) is 11.3 Å². The van der Waals surface area contributed by atoms with Crippen LogP contribution in [0.4, 0.5) is 0 Å². The number of guanidine groups is 1. The summed E-state index contributed by atoms with van der Waals surface area (Å²) < 4.78 is 32.5. The smallest absolute Gasteiger partial charge is 0.250 e. The van der Waals surface area contributed by atoms with E-state index in [4.69, 9.17) is 16.3 Å². The SMILES string of the molecule is CN=C(NCCNS(=O)(=O)c1ccc(Cl)s1)NCC(C)(C)OC. The van der Waals surface area contributed by atoms with Crippen molar-refractivity contribution >= 4 is 38.9 Å². The first-order valence-corrected chi connectivity index (χ1v) is 9.62. The highest BCUT2D eigenvalue weighted by Gasteiger charge is 2.17. The number of thiophene rings is 1. The molecule has 0 aromatic carbocycles. The van der Waals surface area contributed by atoms with Gasteiger partial charge >= 0.3 is 0 Å². The van der Waals surface area contributed by atoms with Gasteiger partial charge in [0.25, 0.3) is 0 Å². The maximum Gasteiger partial charge on any atom is 0.250 e. The highest BCUT2D eigenvalue weighted by atomic mass is 35.5. The van der Waals surface area contributed by atoms with E-state index >= 15 is 0 Å². The summed E-state index contributed by atoms with van der Waals surface area (Å²) in [5.74, 6) is 0.577. The molecule has 0 radical (unpaired) electrons. The maximum atomic E-state index is 12.0. The Hall–Kier alpha value is -0.870. The van der Waals surface area contributed by atoms with Crippen LogP contribution in [0.15, 0.2) is 21.3 Å². The predicted octanol–water partition coefficient (Wildman–Crippen LogP) is 1.27. The Morgan fingerprint density at radius 3 is 2.57 bits per heavy atom. The van der Waals surface area contributed by atoms with Crippen molar-refractivity contribution in [1.82, 2.24) is 15.4 Å². The number of nitrogens with one attached hydrogen (secondary N) is 3. The molecule has 0 spiro atoms. The Balaban J connectivity index is 2.38. The molecular weight excluding hydrogens is 360 g/mol. The van der Waals surface area contributed by atoms with Crippen molar-refractivity contribution < 1.29 is 13.2 Å². The Bertz CT molecular complexity index is 629. The Morgan fingerprint density at radius 1 is 1.35 bits per heavy atom. The quantitative estimate of drug-likeness (QED) is 0.358. The fourth-order valence-corrected chi connectivity index (χ4v) is 4.03. The molecule has 0 amide bonds. The van der Waals surface area contributed by atoms with Crippen molar-refractivity contribution in [1.29, 1.82) is 0 Å². The maximum absolute atomic E-state index is 12.0. The molecule has 3 N–H and O–H groups in total. The summed E-state index contributed by atoms with van der Waals surface area (Å²) in [5.41, 5.74) is -0.322. The van der Waals surface area contributed by atoms with Crippen molar-refractivity contribution in [2.45, 2.75) is 23.7 Å². The average Bonchev–Trinajstić information content (AvgIpc) is 2.94. The normalized spacial score (nSPS) is 13.2. The number of halogens is 1. The lowest BCUT2D eigenvalue weighted by atomic mass is 10.1. The van der Waals surface area contributed by atoms with Crippen LogP contribution in [0.25, 0.3) is 0 Å². The van der Waals surface area contributed by atoms with Gasteiger partial charge in [-0.3, -0.25) is 4.99 Å². The molecule has 0 bridgehead atoms. The van der Waals surface area contributed by atoms with Crippen molar-refractivity contribution in [3.8, 4) is 0 Å². The predicted molar refractivity (Wildman–Crippen MR) is 95.0 cm³/mol. The molecule has 0 fully saturated rings. The largest absolute Gasteiger partial charge is 0.377 e. The first-order chi connectivity index (χ1) is 10.7. The van der Waals surface area contributed by atoms with Gasteiger partial charge in [0.2, 0.25) is 10.0 Å². The van der Waals surface area contributed by atoms with E-state index in [2.05, 4.69) is 20.3 Å². The number of nitrogens with zero attached hydrogens (tertiary/aromatic N) is 1. The Labute approximate surface area is 146 Å². The third-order valence-electron chi connectivity index (χ3n) is 2.98. The lowest BCUT2D eigenvalue weighted by Crippen LogP contribution is -2.46. The van der Waals surface area contributed by atoms with Crippen LogP contribution in [0.1, 0.15) is 13.8 Å². The van der Waals surface area contributed by atoms with Crippen LogP contribution in [-0.2, 0) is 14.8 Å². The topological polar surface area (TPSA) is 91.8 Å². The highest BCUT2D eigenvalue weighted by molar-refractivity contribution is 7.91. The van der Waals surface area contributed by atoms with E-state index in [9.17, 15) is 8.42 Å². The number of ether oxygens (including phenoxy) is 1. The van der Waals surface area contributed by atoms with Gasteiger partial charge in [-0.25, -0.2) is 13.1 Å². The molecule has 1 heterocycles. The third kappa shape index (κ3) is 7.05. The minimum Gasteiger partial charge on any atom is -0.377 e.